The molecule has 0 atom stereocenters. The van der Waals surface area contributed by atoms with Crippen LogP contribution in [0.4, 0.5) is 20.3 Å². The SMILES string of the molecule is Cc1cn(-c2nc(Nc3ccc(F)cc3)cc(OC3COC3)n2)nc1CF. The van der Waals surface area contributed by atoms with E-state index in [2.05, 4.69) is 20.4 Å². The van der Waals surface area contributed by atoms with Gasteiger partial charge in [0.15, 0.2) is 0 Å². The largest absolute Gasteiger partial charge is 0.469 e. The highest BCUT2D eigenvalue weighted by Crippen LogP contribution is 2.23. The molecule has 0 amide bonds. The molecule has 3 aromatic rings. The quantitative estimate of drug-likeness (QED) is 0.716. The van der Waals surface area contributed by atoms with Crippen LogP contribution in [0, 0.1) is 12.7 Å². The molecule has 3 heterocycles. The summed E-state index contributed by atoms with van der Waals surface area (Å²) < 4.78 is 38.4. The van der Waals surface area contributed by atoms with Gasteiger partial charge < -0.3 is 14.8 Å². The van der Waals surface area contributed by atoms with Gasteiger partial charge in [0.05, 0.1) is 18.9 Å². The number of aromatic nitrogens is 4. The van der Waals surface area contributed by atoms with Crippen molar-refractivity contribution in [1.29, 1.82) is 0 Å². The number of hydrogen-bond donors (Lipinski definition) is 1. The molecule has 1 aliphatic heterocycles. The third-order valence-corrected chi connectivity index (χ3v) is 4.03. The van der Waals surface area contributed by atoms with Gasteiger partial charge in [0.1, 0.15) is 24.4 Å². The summed E-state index contributed by atoms with van der Waals surface area (Å²) in [5, 5.41) is 7.25. The van der Waals surface area contributed by atoms with Gasteiger partial charge in [-0.3, -0.25) is 0 Å². The van der Waals surface area contributed by atoms with Crippen molar-refractivity contribution in [1.82, 2.24) is 19.7 Å². The Morgan fingerprint density at radius 3 is 2.67 bits per heavy atom. The molecule has 140 valence electrons. The van der Waals surface area contributed by atoms with E-state index in [1.54, 1.807) is 31.3 Å². The average molecular weight is 373 g/mol. The molecule has 0 spiro atoms. The lowest BCUT2D eigenvalue weighted by atomic mass is 10.3. The van der Waals surface area contributed by atoms with Crippen molar-refractivity contribution in [2.75, 3.05) is 18.5 Å². The molecule has 4 rings (SSSR count). The van der Waals surface area contributed by atoms with Gasteiger partial charge in [0, 0.05) is 18.0 Å². The normalized spacial score (nSPS) is 14.0. The molecule has 1 saturated heterocycles. The zero-order chi connectivity index (χ0) is 18.8. The van der Waals surface area contributed by atoms with Crippen molar-refractivity contribution in [3.63, 3.8) is 0 Å². The van der Waals surface area contributed by atoms with Crippen molar-refractivity contribution in [2.45, 2.75) is 19.7 Å². The molecule has 0 saturated carbocycles. The summed E-state index contributed by atoms with van der Waals surface area (Å²) in [6, 6.07) is 7.51. The first-order valence-electron chi connectivity index (χ1n) is 8.38. The second-order valence-corrected chi connectivity index (χ2v) is 6.14. The average Bonchev–Trinajstić information content (AvgIpc) is 3.01. The van der Waals surface area contributed by atoms with E-state index in [9.17, 15) is 8.78 Å². The maximum absolute atomic E-state index is 13.1. The van der Waals surface area contributed by atoms with E-state index >= 15 is 0 Å². The first-order valence-corrected chi connectivity index (χ1v) is 8.38. The van der Waals surface area contributed by atoms with E-state index in [1.165, 1.54) is 16.8 Å². The van der Waals surface area contributed by atoms with Gasteiger partial charge in [-0.1, -0.05) is 0 Å². The topological polar surface area (TPSA) is 74.1 Å². The predicted octanol–water partition coefficient (Wildman–Crippen LogP) is 3.10. The predicted molar refractivity (Wildman–Crippen MR) is 93.6 cm³/mol. The second-order valence-electron chi connectivity index (χ2n) is 6.14. The lowest BCUT2D eigenvalue weighted by Crippen LogP contribution is -2.38. The van der Waals surface area contributed by atoms with E-state index in [0.717, 1.165) is 0 Å². The van der Waals surface area contributed by atoms with E-state index in [0.29, 0.717) is 41.9 Å². The minimum Gasteiger partial charge on any atom is -0.469 e. The Hall–Kier alpha value is -3.07. The summed E-state index contributed by atoms with van der Waals surface area (Å²) in [5.41, 5.74) is 1.68. The summed E-state index contributed by atoms with van der Waals surface area (Å²) >= 11 is 0. The van der Waals surface area contributed by atoms with Gasteiger partial charge >= 0.3 is 0 Å². The molecule has 0 aliphatic carbocycles. The molecular formula is C18H17F2N5O2. The molecule has 1 aliphatic rings. The first kappa shape index (κ1) is 17.3. The van der Waals surface area contributed by atoms with Gasteiger partial charge in [-0.05, 0) is 36.8 Å². The molecule has 0 radical (unpaired) electrons. The Kier molecular flexibility index (Phi) is 4.68. The third kappa shape index (κ3) is 3.87. The standard InChI is InChI=1S/C18H17F2N5O2/c1-11-8-25(24-15(11)7-19)18-22-16(21-13-4-2-12(20)3-5-13)6-17(23-18)27-14-9-26-10-14/h2-6,8,14H,7,9-10H2,1H3,(H,21,22,23). The maximum Gasteiger partial charge on any atom is 0.255 e. The molecule has 9 heteroatoms. The lowest BCUT2D eigenvalue weighted by Gasteiger charge is -2.26. The molecule has 0 bridgehead atoms. The Morgan fingerprint density at radius 2 is 2.04 bits per heavy atom. The molecule has 27 heavy (non-hydrogen) atoms. The fraction of sp³-hybridized carbons (Fsp3) is 0.278. The van der Waals surface area contributed by atoms with Crippen LogP contribution in [0.2, 0.25) is 0 Å². The van der Waals surface area contributed by atoms with E-state index < -0.39 is 6.67 Å². The fourth-order valence-corrected chi connectivity index (χ4v) is 2.50. The van der Waals surface area contributed by atoms with Crippen LogP contribution in [-0.4, -0.2) is 39.1 Å². The zero-order valence-corrected chi connectivity index (χ0v) is 14.5. The summed E-state index contributed by atoms with van der Waals surface area (Å²) in [5.74, 6) is 0.688. The molecule has 7 nitrogen and oxygen atoms in total. The van der Waals surface area contributed by atoms with Crippen molar-refractivity contribution in [3.8, 4) is 11.8 Å². The zero-order valence-electron chi connectivity index (χ0n) is 14.5. The van der Waals surface area contributed by atoms with Crippen LogP contribution in [-0.2, 0) is 11.4 Å². The summed E-state index contributed by atoms with van der Waals surface area (Å²) in [7, 11) is 0. The highest BCUT2D eigenvalue weighted by Gasteiger charge is 2.22. The van der Waals surface area contributed by atoms with Crippen molar-refractivity contribution < 1.29 is 18.3 Å². The van der Waals surface area contributed by atoms with Crippen molar-refractivity contribution in [3.05, 3.63) is 53.6 Å². The van der Waals surface area contributed by atoms with Crippen molar-refractivity contribution >= 4 is 11.5 Å². The van der Waals surface area contributed by atoms with Gasteiger partial charge in [0.25, 0.3) is 5.95 Å². The molecule has 0 unspecified atom stereocenters. The van der Waals surface area contributed by atoms with Gasteiger partial charge in [0.2, 0.25) is 5.88 Å². The number of halogens is 2. The van der Waals surface area contributed by atoms with Crippen LogP contribution in [0.5, 0.6) is 5.88 Å². The van der Waals surface area contributed by atoms with Crippen LogP contribution in [0.15, 0.2) is 36.5 Å². The van der Waals surface area contributed by atoms with Crippen LogP contribution in [0.3, 0.4) is 0 Å². The first-order chi connectivity index (χ1) is 13.1. The van der Waals surface area contributed by atoms with Gasteiger partial charge in [-0.25, -0.2) is 13.5 Å². The molecule has 2 aromatic heterocycles. The minimum atomic E-state index is -0.672. The Morgan fingerprint density at radius 1 is 1.26 bits per heavy atom. The second kappa shape index (κ2) is 7.28. The molecule has 1 N–H and O–H groups in total. The van der Waals surface area contributed by atoms with Crippen molar-refractivity contribution in [2.24, 2.45) is 0 Å². The highest BCUT2D eigenvalue weighted by atomic mass is 19.1. The molecular weight excluding hydrogens is 356 g/mol. The fourth-order valence-electron chi connectivity index (χ4n) is 2.50. The minimum absolute atomic E-state index is 0.0767. The van der Waals surface area contributed by atoms with Crippen LogP contribution in [0.25, 0.3) is 5.95 Å². The van der Waals surface area contributed by atoms with E-state index in [1.807, 2.05) is 0 Å². The van der Waals surface area contributed by atoms with Gasteiger partial charge in [-0.15, -0.1) is 0 Å². The smallest absolute Gasteiger partial charge is 0.255 e. The van der Waals surface area contributed by atoms with Crippen LogP contribution in [0.1, 0.15) is 11.3 Å². The number of nitrogens with zero attached hydrogens (tertiary/aromatic N) is 4. The number of hydrogen-bond acceptors (Lipinski definition) is 6. The summed E-state index contributed by atoms with van der Waals surface area (Å²) in [6.45, 7) is 2.08. The summed E-state index contributed by atoms with van der Waals surface area (Å²) in [4.78, 5) is 8.77. The number of benzene rings is 1. The lowest BCUT2D eigenvalue weighted by molar-refractivity contribution is -0.0813. The molecule has 1 fully saturated rings. The van der Waals surface area contributed by atoms with Gasteiger partial charge in [-0.2, -0.15) is 15.1 Å². The Balaban J connectivity index is 1.68. The van der Waals surface area contributed by atoms with E-state index in [-0.39, 0.29) is 17.9 Å². The number of ether oxygens (including phenoxy) is 2. The third-order valence-electron chi connectivity index (χ3n) is 4.03. The monoisotopic (exact) mass is 373 g/mol. The van der Waals surface area contributed by atoms with E-state index in [4.69, 9.17) is 9.47 Å². The highest BCUT2D eigenvalue weighted by molar-refractivity contribution is 5.57. The Bertz CT molecular complexity index is 941. The number of nitrogens with one attached hydrogen (secondary N) is 1. The summed E-state index contributed by atoms with van der Waals surface area (Å²) in [6.07, 6.45) is 1.58. The van der Waals surface area contributed by atoms with Crippen LogP contribution >= 0.6 is 0 Å². The number of anilines is 2. The number of aryl methyl sites for hydroxylation is 1. The maximum atomic E-state index is 13.1. The van der Waals surface area contributed by atoms with Crippen LogP contribution < -0.4 is 10.1 Å². The Labute approximate surface area is 154 Å². The number of rotatable bonds is 6. The molecule has 1 aromatic carbocycles. The number of alkyl halides is 1.